The van der Waals surface area contributed by atoms with Crippen molar-refractivity contribution in [1.82, 2.24) is 0 Å². The Kier molecular flexibility index (Phi) is 1.70. The van der Waals surface area contributed by atoms with Gasteiger partial charge in [-0.2, -0.15) is 4.36 Å². The number of aryl methyl sites for hydroxylation is 1. The number of hydrogen-bond acceptors (Lipinski definition) is 3. The van der Waals surface area contributed by atoms with Crippen molar-refractivity contribution in [2.45, 2.75) is 6.92 Å². The minimum atomic E-state index is 0.905. The monoisotopic (exact) mass is 143 g/mol. The molecule has 0 amide bonds. The lowest BCUT2D eigenvalue weighted by Crippen LogP contribution is -1.47. The van der Waals surface area contributed by atoms with E-state index in [9.17, 15) is 0 Å². The van der Waals surface area contributed by atoms with Crippen molar-refractivity contribution in [2.24, 2.45) is 4.36 Å². The summed E-state index contributed by atoms with van der Waals surface area (Å²) in [6.07, 6.45) is 0. The van der Waals surface area contributed by atoms with E-state index >= 15 is 0 Å². The lowest BCUT2D eigenvalue weighted by Gasteiger charge is -1.71. The molecule has 0 aliphatic carbocycles. The summed E-state index contributed by atoms with van der Waals surface area (Å²) in [6, 6.07) is 1.97. The predicted molar refractivity (Wildman–Crippen MR) is 38.5 cm³/mol. The molecule has 1 rings (SSSR count). The number of hydrogen-bond donors (Lipinski definition) is 0. The fourth-order valence-electron chi connectivity index (χ4n) is 0.477. The van der Waals surface area contributed by atoms with Crippen LogP contribution in [0.15, 0.2) is 15.8 Å². The Morgan fingerprint density at radius 3 is 2.75 bits per heavy atom. The molecule has 8 heavy (non-hydrogen) atoms. The van der Waals surface area contributed by atoms with Crippen LogP contribution in [-0.2, 0) is 12.4 Å². The Bertz CT molecular complexity index is 192. The highest BCUT2D eigenvalue weighted by atomic mass is 32.1. The lowest BCUT2D eigenvalue weighted by molar-refractivity contribution is 1.59. The zero-order valence-electron chi connectivity index (χ0n) is 4.42. The Balaban J connectivity index is 3.00. The van der Waals surface area contributed by atoms with E-state index in [2.05, 4.69) is 16.8 Å². The van der Waals surface area contributed by atoms with Crippen molar-refractivity contribution in [3.05, 3.63) is 16.3 Å². The standard InChI is InChI=1S/C5H5NS2/c1-4-2-5(6-7)3-8-4/h2-3H,1H3. The topological polar surface area (TPSA) is 12.4 Å². The van der Waals surface area contributed by atoms with Crippen LogP contribution < -0.4 is 0 Å². The first-order valence-corrected chi connectivity index (χ1v) is 3.46. The molecular weight excluding hydrogens is 138 g/mol. The molecule has 0 radical (unpaired) electrons. The van der Waals surface area contributed by atoms with Gasteiger partial charge in [-0.3, -0.25) is 0 Å². The molecule has 1 heterocycles. The molecular formula is C5H5NS2. The molecule has 1 aromatic rings. The summed E-state index contributed by atoms with van der Waals surface area (Å²) in [5.41, 5.74) is 0.905. The quantitative estimate of drug-likeness (QED) is 0.588. The van der Waals surface area contributed by atoms with E-state index in [1.165, 1.54) is 4.88 Å². The third kappa shape index (κ3) is 1.11. The Morgan fingerprint density at radius 2 is 2.50 bits per heavy atom. The molecule has 0 aliphatic heterocycles. The number of thiophene rings is 1. The average molecular weight is 143 g/mol. The SMILES string of the molecule is Cc1cc(N=S)cs1. The second-order valence-corrected chi connectivity index (χ2v) is 2.80. The highest BCUT2D eigenvalue weighted by Gasteiger charge is 1.89. The summed E-state index contributed by atoms with van der Waals surface area (Å²) in [4.78, 5) is 1.26. The number of rotatable bonds is 1. The van der Waals surface area contributed by atoms with Crippen molar-refractivity contribution >= 4 is 29.4 Å². The van der Waals surface area contributed by atoms with Gasteiger partial charge in [0, 0.05) is 22.7 Å². The zero-order chi connectivity index (χ0) is 5.98. The van der Waals surface area contributed by atoms with Gasteiger partial charge in [-0.1, -0.05) is 0 Å². The first-order valence-electron chi connectivity index (χ1n) is 2.21. The van der Waals surface area contributed by atoms with Gasteiger partial charge in [0.1, 0.15) is 0 Å². The van der Waals surface area contributed by atoms with E-state index in [0.717, 1.165) is 5.69 Å². The molecule has 3 heteroatoms. The first-order chi connectivity index (χ1) is 3.83. The fraction of sp³-hybridized carbons (Fsp3) is 0.200. The zero-order valence-corrected chi connectivity index (χ0v) is 6.05. The Hall–Kier alpha value is -0.280. The fourth-order valence-corrected chi connectivity index (χ4v) is 1.27. The molecule has 42 valence electrons. The minimum Gasteiger partial charge on any atom is -0.181 e. The van der Waals surface area contributed by atoms with Gasteiger partial charge in [0.25, 0.3) is 0 Å². The van der Waals surface area contributed by atoms with Crippen molar-refractivity contribution in [3.63, 3.8) is 0 Å². The van der Waals surface area contributed by atoms with Crippen molar-refractivity contribution in [3.8, 4) is 0 Å². The smallest absolute Gasteiger partial charge is 0.0878 e. The van der Waals surface area contributed by atoms with Crippen LogP contribution in [0.4, 0.5) is 5.69 Å². The van der Waals surface area contributed by atoms with Crippen LogP contribution in [0.5, 0.6) is 0 Å². The maximum Gasteiger partial charge on any atom is 0.0878 e. The maximum atomic E-state index is 4.46. The van der Waals surface area contributed by atoms with Gasteiger partial charge in [-0.25, -0.2) is 0 Å². The third-order valence-corrected chi connectivity index (χ3v) is 1.88. The van der Waals surface area contributed by atoms with Crippen LogP contribution in [0.2, 0.25) is 0 Å². The van der Waals surface area contributed by atoms with Crippen LogP contribution >= 0.6 is 11.3 Å². The first kappa shape index (κ1) is 5.85. The second-order valence-electron chi connectivity index (χ2n) is 1.51. The highest BCUT2D eigenvalue weighted by Crippen LogP contribution is 2.19. The highest BCUT2D eigenvalue weighted by molar-refractivity contribution is 7.47. The van der Waals surface area contributed by atoms with Gasteiger partial charge in [-0.15, -0.1) is 11.3 Å². The number of nitrogens with zero attached hydrogens (tertiary/aromatic N) is 1. The molecule has 0 bridgehead atoms. The molecule has 0 spiro atoms. The summed E-state index contributed by atoms with van der Waals surface area (Å²) in [6.45, 7) is 2.04. The van der Waals surface area contributed by atoms with E-state index in [4.69, 9.17) is 0 Å². The summed E-state index contributed by atoms with van der Waals surface area (Å²) >= 11 is 6.13. The second kappa shape index (κ2) is 2.33. The van der Waals surface area contributed by atoms with E-state index in [0.29, 0.717) is 0 Å². The minimum absolute atomic E-state index is 0.905. The molecule has 0 fully saturated rings. The Morgan fingerprint density at radius 1 is 1.75 bits per heavy atom. The predicted octanol–water partition coefficient (Wildman–Crippen LogP) is 2.42. The summed E-state index contributed by atoms with van der Waals surface area (Å²) in [5, 5.41) is 1.95. The summed E-state index contributed by atoms with van der Waals surface area (Å²) < 4.78 is 3.59. The van der Waals surface area contributed by atoms with E-state index in [1.54, 1.807) is 11.3 Å². The molecule has 0 atom stereocenters. The van der Waals surface area contributed by atoms with Gasteiger partial charge in [0.2, 0.25) is 0 Å². The van der Waals surface area contributed by atoms with Gasteiger partial charge in [-0.05, 0) is 13.0 Å². The van der Waals surface area contributed by atoms with Gasteiger partial charge in [0.05, 0.1) is 5.69 Å². The van der Waals surface area contributed by atoms with Gasteiger partial charge >= 0.3 is 0 Å². The third-order valence-electron chi connectivity index (χ3n) is 0.822. The van der Waals surface area contributed by atoms with Gasteiger partial charge in [0.15, 0.2) is 0 Å². The molecule has 0 aromatic carbocycles. The molecule has 1 aromatic heterocycles. The van der Waals surface area contributed by atoms with Crippen LogP contribution in [0.25, 0.3) is 0 Å². The summed E-state index contributed by atoms with van der Waals surface area (Å²) in [7, 11) is 0. The molecule has 0 aliphatic rings. The van der Waals surface area contributed by atoms with Crippen molar-refractivity contribution < 1.29 is 0 Å². The lowest BCUT2D eigenvalue weighted by atomic mass is 10.5. The average Bonchev–Trinajstić information content (AvgIpc) is 2.14. The van der Waals surface area contributed by atoms with E-state index < -0.39 is 0 Å². The van der Waals surface area contributed by atoms with Crippen LogP contribution in [0.1, 0.15) is 4.88 Å². The van der Waals surface area contributed by atoms with E-state index in [-0.39, 0.29) is 0 Å². The summed E-state index contributed by atoms with van der Waals surface area (Å²) in [5.74, 6) is 0. The normalized spacial score (nSPS) is 9.12. The molecule has 0 saturated carbocycles. The van der Waals surface area contributed by atoms with Crippen LogP contribution in [-0.4, -0.2) is 0 Å². The molecule has 0 N–H and O–H groups in total. The largest absolute Gasteiger partial charge is 0.181 e. The van der Waals surface area contributed by atoms with Crippen molar-refractivity contribution in [2.75, 3.05) is 0 Å². The maximum absolute atomic E-state index is 4.46. The molecule has 0 saturated heterocycles. The molecule has 0 unspecified atom stereocenters. The molecule has 1 nitrogen and oxygen atoms in total. The van der Waals surface area contributed by atoms with Crippen LogP contribution in [0, 0.1) is 6.92 Å². The Labute approximate surface area is 57.5 Å². The van der Waals surface area contributed by atoms with Crippen molar-refractivity contribution in [1.29, 1.82) is 0 Å². The van der Waals surface area contributed by atoms with Gasteiger partial charge < -0.3 is 0 Å². The van der Waals surface area contributed by atoms with Crippen LogP contribution in [0.3, 0.4) is 0 Å². The van der Waals surface area contributed by atoms with E-state index in [1.807, 2.05) is 18.4 Å².